The number of nitrogens with zero attached hydrogens (tertiary/aromatic N) is 3. The molecule has 8 heteroatoms. The standard InChI is InChI=1S/C23H37N5O3/c1-5-7-17(6-2)15(3)16(4)31-20-12-19(26-22(24)27-20)28-10-8-23(9-11-28)13-18(21(29)30)25-14-23/h5,12,15-18,25H,1,6-11,13-14H2,2-4H3,(H,29,30)(H2,24,26,27)/t15?,16?,17?,18-/m0/s1. The number of carboxylic acids is 1. The van der Waals surface area contributed by atoms with Crippen molar-refractivity contribution in [3.8, 4) is 5.88 Å². The monoisotopic (exact) mass is 431 g/mol. The summed E-state index contributed by atoms with van der Waals surface area (Å²) in [6.07, 6.45) is 6.55. The summed E-state index contributed by atoms with van der Waals surface area (Å²) >= 11 is 0. The number of ether oxygens (including phenoxy) is 1. The van der Waals surface area contributed by atoms with Crippen molar-refractivity contribution in [3.63, 3.8) is 0 Å². The summed E-state index contributed by atoms with van der Waals surface area (Å²) in [5, 5.41) is 12.4. The predicted molar refractivity (Wildman–Crippen MR) is 122 cm³/mol. The van der Waals surface area contributed by atoms with Gasteiger partial charge >= 0.3 is 5.97 Å². The lowest BCUT2D eigenvalue weighted by atomic mass is 9.76. The molecular weight excluding hydrogens is 394 g/mol. The lowest BCUT2D eigenvalue weighted by molar-refractivity contribution is -0.139. The van der Waals surface area contributed by atoms with E-state index in [2.05, 4.69) is 47.5 Å². The normalized spacial score (nSPS) is 23.3. The van der Waals surface area contributed by atoms with E-state index < -0.39 is 12.0 Å². The molecule has 3 rings (SSSR count). The number of aromatic nitrogens is 2. The molecule has 1 spiro atoms. The molecule has 2 saturated heterocycles. The van der Waals surface area contributed by atoms with Crippen LogP contribution in [0.4, 0.5) is 11.8 Å². The maximum Gasteiger partial charge on any atom is 0.320 e. The first-order chi connectivity index (χ1) is 14.8. The zero-order chi connectivity index (χ0) is 22.6. The van der Waals surface area contributed by atoms with Gasteiger partial charge in [-0.05, 0) is 49.9 Å². The number of rotatable bonds is 9. The van der Waals surface area contributed by atoms with Gasteiger partial charge < -0.3 is 25.8 Å². The number of anilines is 2. The highest BCUT2D eigenvalue weighted by molar-refractivity contribution is 5.74. The third-order valence-electron chi connectivity index (χ3n) is 7.30. The van der Waals surface area contributed by atoms with Crippen molar-refractivity contribution in [3.05, 3.63) is 18.7 Å². The van der Waals surface area contributed by atoms with Gasteiger partial charge in [0.25, 0.3) is 0 Å². The minimum Gasteiger partial charge on any atom is -0.480 e. The van der Waals surface area contributed by atoms with Crippen molar-refractivity contribution in [2.45, 2.75) is 65.0 Å². The quantitative estimate of drug-likeness (QED) is 0.511. The Hall–Kier alpha value is -2.35. The van der Waals surface area contributed by atoms with E-state index in [1.54, 1.807) is 0 Å². The second-order valence-electron chi connectivity index (χ2n) is 9.26. The molecule has 3 heterocycles. The number of carbonyl (C=O) groups is 1. The Morgan fingerprint density at radius 1 is 1.45 bits per heavy atom. The molecule has 0 aromatic carbocycles. The van der Waals surface area contributed by atoms with E-state index in [4.69, 9.17) is 10.5 Å². The average molecular weight is 432 g/mol. The number of nitrogen functional groups attached to an aromatic ring is 1. The van der Waals surface area contributed by atoms with Crippen molar-refractivity contribution in [1.29, 1.82) is 0 Å². The van der Waals surface area contributed by atoms with Crippen LogP contribution in [0.1, 0.15) is 52.9 Å². The predicted octanol–water partition coefficient (Wildman–Crippen LogP) is 3.10. The molecule has 3 unspecified atom stereocenters. The molecule has 172 valence electrons. The maximum atomic E-state index is 11.3. The van der Waals surface area contributed by atoms with Crippen LogP contribution in [-0.4, -0.2) is 52.8 Å². The Morgan fingerprint density at radius 3 is 2.74 bits per heavy atom. The Morgan fingerprint density at radius 2 is 2.16 bits per heavy atom. The van der Waals surface area contributed by atoms with Gasteiger partial charge in [0.05, 0.1) is 0 Å². The first kappa shape index (κ1) is 23.3. The zero-order valence-electron chi connectivity index (χ0n) is 19.0. The van der Waals surface area contributed by atoms with E-state index in [1.165, 1.54) is 0 Å². The van der Waals surface area contributed by atoms with Gasteiger partial charge in [0.2, 0.25) is 11.8 Å². The molecule has 4 N–H and O–H groups in total. The van der Waals surface area contributed by atoms with E-state index in [9.17, 15) is 9.90 Å². The summed E-state index contributed by atoms with van der Waals surface area (Å²) in [6, 6.07) is 1.44. The summed E-state index contributed by atoms with van der Waals surface area (Å²) < 4.78 is 6.18. The van der Waals surface area contributed by atoms with E-state index in [1.807, 2.05) is 12.1 Å². The van der Waals surface area contributed by atoms with Crippen LogP contribution in [0, 0.1) is 17.3 Å². The van der Waals surface area contributed by atoms with E-state index in [0.717, 1.165) is 51.1 Å². The summed E-state index contributed by atoms with van der Waals surface area (Å²) in [4.78, 5) is 22.2. The van der Waals surface area contributed by atoms with Crippen molar-refractivity contribution >= 4 is 17.7 Å². The molecule has 2 fully saturated rings. The molecular formula is C23H37N5O3. The molecule has 0 bridgehead atoms. The Balaban J connectivity index is 1.64. The summed E-state index contributed by atoms with van der Waals surface area (Å²) in [6.45, 7) is 12.7. The highest BCUT2D eigenvalue weighted by Gasteiger charge is 2.43. The van der Waals surface area contributed by atoms with Crippen LogP contribution in [0.25, 0.3) is 0 Å². The zero-order valence-corrected chi connectivity index (χ0v) is 19.0. The van der Waals surface area contributed by atoms with E-state index in [-0.39, 0.29) is 17.5 Å². The number of hydrogen-bond donors (Lipinski definition) is 3. The van der Waals surface area contributed by atoms with Gasteiger partial charge in [-0.25, -0.2) is 0 Å². The van der Waals surface area contributed by atoms with Crippen LogP contribution in [-0.2, 0) is 4.79 Å². The molecule has 0 radical (unpaired) electrons. The molecule has 31 heavy (non-hydrogen) atoms. The van der Waals surface area contributed by atoms with Gasteiger partial charge in [-0.2, -0.15) is 9.97 Å². The average Bonchev–Trinajstić information content (AvgIpc) is 3.15. The molecule has 4 atom stereocenters. The van der Waals surface area contributed by atoms with Crippen LogP contribution < -0.4 is 20.7 Å². The molecule has 2 aliphatic heterocycles. The Bertz CT molecular complexity index is 778. The van der Waals surface area contributed by atoms with Crippen molar-refractivity contribution in [1.82, 2.24) is 15.3 Å². The van der Waals surface area contributed by atoms with Crippen molar-refractivity contribution < 1.29 is 14.6 Å². The van der Waals surface area contributed by atoms with Gasteiger partial charge in [0, 0.05) is 25.7 Å². The molecule has 2 aliphatic rings. The molecule has 8 nitrogen and oxygen atoms in total. The third kappa shape index (κ3) is 5.47. The van der Waals surface area contributed by atoms with Crippen molar-refractivity contribution in [2.24, 2.45) is 17.3 Å². The summed E-state index contributed by atoms with van der Waals surface area (Å²) in [7, 11) is 0. The number of hydrogen-bond acceptors (Lipinski definition) is 7. The number of allylic oxidation sites excluding steroid dienone is 1. The minimum absolute atomic E-state index is 0.00538. The first-order valence-electron chi connectivity index (χ1n) is 11.4. The first-order valence-corrected chi connectivity index (χ1v) is 11.4. The summed E-state index contributed by atoms with van der Waals surface area (Å²) in [5.41, 5.74) is 6.06. The topological polar surface area (TPSA) is 114 Å². The van der Waals surface area contributed by atoms with Gasteiger partial charge in [0.15, 0.2) is 0 Å². The van der Waals surface area contributed by atoms with Crippen molar-refractivity contribution in [2.75, 3.05) is 30.3 Å². The van der Waals surface area contributed by atoms with Crippen LogP contribution in [0.15, 0.2) is 18.7 Å². The smallest absolute Gasteiger partial charge is 0.320 e. The fraction of sp³-hybridized carbons (Fsp3) is 0.696. The number of piperidine rings is 1. The number of nitrogens with two attached hydrogens (primary N) is 1. The molecule has 1 aromatic heterocycles. The maximum absolute atomic E-state index is 11.3. The number of nitrogens with one attached hydrogen (secondary N) is 1. The lowest BCUT2D eigenvalue weighted by Crippen LogP contribution is -2.41. The van der Waals surface area contributed by atoms with Crippen LogP contribution in [0.3, 0.4) is 0 Å². The number of aliphatic carboxylic acids is 1. The lowest BCUT2D eigenvalue weighted by Gasteiger charge is -2.39. The molecule has 0 amide bonds. The highest BCUT2D eigenvalue weighted by atomic mass is 16.5. The summed E-state index contributed by atoms with van der Waals surface area (Å²) in [5.74, 6) is 1.60. The fourth-order valence-electron chi connectivity index (χ4n) is 4.98. The van der Waals surface area contributed by atoms with Gasteiger partial charge in [-0.3, -0.25) is 4.79 Å². The molecule has 0 aliphatic carbocycles. The van der Waals surface area contributed by atoms with Crippen LogP contribution >= 0.6 is 0 Å². The second kappa shape index (κ2) is 9.85. The van der Waals surface area contributed by atoms with Gasteiger partial charge in [-0.15, -0.1) is 6.58 Å². The second-order valence-corrected chi connectivity index (χ2v) is 9.26. The Labute approximate surface area is 185 Å². The van der Waals surface area contributed by atoms with Crippen LogP contribution in [0.5, 0.6) is 5.88 Å². The third-order valence-corrected chi connectivity index (χ3v) is 7.30. The van der Waals surface area contributed by atoms with Gasteiger partial charge in [-0.1, -0.05) is 26.3 Å². The largest absolute Gasteiger partial charge is 0.480 e. The number of carboxylic acid groups (broad SMARTS) is 1. The highest BCUT2D eigenvalue weighted by Crippen LogP contribution is 2.40. The van der Waals surface area contributed by atoms with Gasteiger partial charge in [0.1, 0.15) is 18.0 Å². The van der Waals surface area contributed by atoms with E-state index in [0.29, 0.717) is 24.1 Å². The fourth-order valence-corrected chi connectivity index (χ4v) is 4.98. The molecule has 1 aromatic rings. The van der Waals surface area contributed by atoms with Crippen LogP contribution in [0.2, 0.25) is 0 Å². The SMILES string of the molecule is C=CCC(CC)C(C)C(C)Oc1cc(N2CCC3(CC2)CN[C@H](C(=O)O)C3)nc(N)n1. The minimum atomic E-state index is -0.758. The molecule has 0 saturated carbocycles. The van der Waals surface area contributed by atoms with E-state index >= 15 is 0 Å². The Kier molecular flexibility index (Phi) is 7.41.